The molecule has 3 heterocycles. The van der Waals surface area contributed by atoms with Gasteiger partial charge in [0.2, 0.25) is 0 Å². The zero-order valence-electron chi connectivity index (χ0n) is 14.7. The van der Waals surface area contributed by atoms with Crippen LogP contribution in [0.1, 0.15) is 23.3 Å². The van der Waals surface area contributed by atoms with E-state index in [1.807, 2.05) is 25.1 Å². The number of hydrogen-bond donors (Lipinski definition) is 0. The van der Waals surface area contributed by atoms with E-state index in [0.717, 1.165) is 37.0 Å². The molecule has 1 saturated heterocycles. The summed E-state index contributed by atoms with van der Waals surface area (Å²) in [5.74, 6) is -0.0000426. The Morgan fingerprint density at radius 1 is 1.35 bits per heavy atom. The van der Waals surface area contributed by atoms with E-state index >= 15 is 0 Å². The summed E-state index contributed by atoms with van der Waals surface area (Å²) in [6, 6.07) is 6.23. The number of rotatable bonds is 3. The summed E-state index contributed by atoms with van der Waals surface area (Å²) >= 11 is 6.01. The lowest BCUT2D eigenvalue weighted by molar-refractivity contribution is 0.0699. The van der Waals surface area contributed by atoms with Crippen molar-refractivity contribution in [3.05, 3.63) is 41.4 Å². The van der Waals surface area contributed by atoms with E-state index < -0.39 is 0 Å². The molecule has 26 heavy (non-hydrogen) atoms. The maximum atomic E-state index is 12.6. The molecule has 0 spiro atoms. The summed E-state index contributed by atoms with van der Waals surface area (Å²) in [6.07, 6.45) is 4.97. The van der Waals surface area contributed by atoms with Gasteiger partial charge < -0.3 is 18.8 Å². The normalized spacial score (nSPS) is 15.6. The highest BCUT2D eigenvalue weighted by Gasteiger charge is 2.28. The average Bonchev–Trinajstić information content (AvgIpc) is 3.26. The second-order valence-electron chi connectivity index (χ2n) is 6.63. The number of halogens is 1. The second-order valence-corrected chi connectivity index (χ2v) is 7.07. The summed E-state index contributed by atoms with van der Waals surface area (Å²) in [5.41, 5.74) is 2.10. The molecule has 4 rings (SSSR count). The number of aryl methyl sites for hydroxylation is 1. The first-order valence-corrected chi connectivity index (χ1v) is 8.95. The van der Waals surface area contributed by atoms with E-state index in [2.05, 4.69) is 14.9 Å². The highest BCUT2D eigenvalue weighted by atomic mass is 35.5. The van der Waals surface area contributed by atoms with Crippen molar-refractivity contribution in [2.45, 2.75) is 18.9 Å². The van der Waals surface area contributed by atoms with Crippen molar-refractivity contribution < 1.29 is 9.21 Å². The maximum absolute atomic E-state index is 12.6. The van der Waals surface area contributed by atoms with Crippen molar-refractivity contribution in [3.8, 4) is 0 Å². The van der Waals surface area contributed by atoms with Gasteiger partial charge in [-0.2, -0.15) is 4.98 Å². The summed E-state index contributed by atoms with van der Waals surface area (Å²) in [6.45, 7) is 1.57. The molecular formula is C18H20ClN5O2. The SMILES string of the molecule is CN(C(=O)c1cncn1C)C1CCN(c2nc3cc(Cl)ccc3o2)CC1. The molecule has 0 saturated carbocycles. The second kappa shape index (κ2) is 6.64. The van der Waals surface area contributed by atoms with Crippen LogP contribution in [-0.2, 0) is 7.05 Å². The molecule has 1 aliphatic heterocycles. The van der Waals surface area contributed by atoms with Crippen LogP contribution < -0.4 is 4.90 Å². The zero-order valence-corrected chi connectivity index (χ0v) is 15.5. The molecule has 0 aliphatic carbocycles. The Kier molecular flexibility index (Phi) is 4.32. The van der Waals surface area contributed by atoms with Crippen LogP contribution in [0.4, 0.5) is 6.01 Å². The lowest BCUT2D eigenvalue weighted by Crippen LogP contribution is -2.46. The fourth-order valence-corrected chi connectivity index (χ4v) is 3.54. The number of imidazole rings is 1. The molecule has 0 atom stereocenters. The van der Waals surface area contributed by atoms with E-state index in [1.54, 1.807) is 29.2 Å². The van der Waals surface area contributed by atoms with Crippen LogP contribution in [0.3, 0.4) is 0 Å². The molecule has 7 nitrogen and oxygen atoms in total. The molecular weight excluding hydrogens is 354 g/mol. The van der Waals surface area contributed by atoms with Crippen LogP contribution >= 0.6 is 11.6 Å². The number of oxazole rings is 1. The number of anilines is 1. The van der Waals surface area contributed by atoms with Crippen molar-refractivity contribution in [2.24, 2.45) is 7.05 Å². The molecule has 1 aromatic carbocycles. The predicted octanol–water partition coefficient (Wildman–Crippen LogP) is 2.96. The predicted molar refractivity (Wildman–Crippen MR) is 99.6 cm³/mol. The molecule has 0 bridgehead atoms. The zero-order chi connectivity index (χ0) is 18.3. The Morgan fingerprint density at radius 3 is 2.81 bits per heavy atom. The molecule has 1 amide bonds. The van der Waals surface area contributed by atoms with Gasteiger partial charge >= 0.3 is 0 Å². The lowest BCUT2D eigenvalue weighted by Gasteiger charge is -2.36. The van der Waals surface area contributed by atoms with Gasteiger partial charge in [0, 0.05) is 38.2 Å². The first kappa shape index (κ1) is 16.9. The Balaban J connectivity index is 1.43. The van der Waals surface area contributed by atoms with Gasteiger partial charge in [-0.25, -0.2) is 4.98 Å². The Morgan fingerprint density at radius 2 is 2.12 bits per heavy atom. The van der Waals surface area contributed by atoms with Crippen LogP contribution in [-0.4, -0.2) is 51.5 Å². The van der Waals surface area contributed by atoms with Crippen molar-refractivity contribution in [3.63, 3.8) is 0 Å². The minimum Gasteiger partial charge on any atom is -0.423 e. The van der Waals surface area contributed by atoms with Gasteiger partial charge in [-0.3, -0.25) is 4.79 Å². The van der Waals surface area contributed by atoms with E-state index in [-0.39, 0.29) is 11.9 Å². The van der Waals surface area contributed by atoms with E-state index in [1.165, 1.54) is 0 Å². The topological polar surface area (TPSA) is 67.4 Å². The smallest absolute Gasteiger partial charge is 0.298 e. The number of carbonyl (C=O) groups is 1. The van der Waals surface area contributed by atoms with Gasteiger partial charge in [-0.1, -0.05) is 11.6 Å². The Hall–Kier alpha value is -2.54. The minimum atomic E-state index is -0.0000426. The molecule has 0 N–H and O–H groups in total. The molecule has 136 valence electrons. The summed E-state index contributed by atoms with van der Waals surface area (Å²) in [4.78, 5) is 25.1. The third kappa shape index (κ3) is 3.03. The first-order chi connectivity index (χ1) is 12.5. The molecule has 0 radical (unpaired) electrons. The average molecular weight is 374 g/mol. The van der Waals surface area contributed by atoms with Gasteiger partial charge in [-0.05, 0) is 31.0 Å². The summed E-state index contributed by atoms with van der Waals surface area (Å²) in [5, 5.41) is 0.645. The number of benzene rings is 1. The number of nitrogens with zero attached hydrogens (tertiary/aromatic N) is 5. The van der Waals surface area contributed by atoms with E-state index in [0.29, 0.717) is 16.7 Å². The summed E-state index contributed by atoms with van der Waals surface area (Å²) in [7, 11) is 3.69. The highest BCUT2D eigenvalue weighted by Crippen LogP contribution is 2.27. The third-order valence-electron chi connectivity index (χ3n) is 4.98. The fraction of sp³-hybridized carbons (Fsp3) is 0.389. The minimum absolute atomic E-state index is 0.0000426. The van der Waals surface area contributed by atoms with Gasteiger partial charge in [0.15, 0.2) is 5.58 Å². The monoisotopic (exact) mass is 373 g/mol. The number of aromatic nitrogens is 3. The van der Waals surface area contributed by atoms with Crippen LogP contribution in [0.2, 0.25) is 5.02 Å². The van der Waals surface area contributed by atoms with Crippen LogP contribution in [0.25, 0.3) is 11.1 Å². The number of piperidine rings is 1. The molecule has 0 unspecified atom stereocenters. The standard InChI is InChI=1S/C18H20ClN5O2/c1-22-11-20-10-15(22)17(25)23(2)13-5-7-24(8-6-13)18-21-14-9-12(19)3-4-16(14)26-18/h3-4,9-11,13H,5-8H2,1-2H3. The number of carbonyl (C=O) groups excluding carboxylic acids is 1. The Labute approximate surface area is 156 Å². The number of amides is 1. The third-order valence-corrected chi connectivity index (χ3v) is 5.21. The molecule has 2 aromatic heterocycles. The van der Waals surface area contributed by atoms with Crippen molar-refractivity contribution in [1.29, 1.82) is 0 Å². The quantitative estimate of drug-likeness (QED) is 0.706. The largest absolute Gasteiger partial charge is 0.423 e. The first-order valence-electron chi connectivity index (χ1n) is 8.57. The van der Waals surface area contributed by atoms with E-state index in [9.17, 15) is 4.79 Å². The van der Waals surface area contributed by atoms with Gasteiger partial charge in [0.05, 0.1) is 12.5 Å². The molecule has 1 fully saturated rings. The highest BCUT2D eigenvalue weighted by molar-refractivity contribution is 6.31. The van der Waals surface area contributed by atoms with Gasteiger partial charge in [0.1, 0.15) is 11.2 Å². The van der Waals surface area contributed by atoms with Gasteiger partial charge in [0.25, 0.3) is 11.9 Å². The number of fused-ring (bicyclic) bond motifs is 1. The van der Waals surface area contributed by atoms with E-state index in [4.69, 9.17) is 16.0 Å². The maximum Gasteiger partial charge on any atom is 0.298 e. The Bertz CT molecular complexity index is 942. The number of hydrogen-bond acceptors (Lipinski definition) is 5. The fourth-order valence-electron chi connectivity index (χ4n) is 3.38. The van der Waals surface area contributed by atoms with Crippen molar-refractivity contribution in [2.75, 3.05) is 25.0 Å². The van der Waals surface area contributed by atoms with Gasteiger partial charge in [-0.15, -0.1) is 0 Å². The van der Waals surface area contributed by atoms with Crippen LogP contribution in [0.15, 0.2) is 35.1 Å². The van der Waals surface area contributed by atoms with Crippen LogP contribution in [0.5, 0.6) is 0 Å². The lowest BCUT2D eigenvalue weighted by atomic mass is 10.0. The molecule has 3 aromatic rings. The molecule has 1 aliphatic rings. The van der Waals surface area contributed by atoms with Crippen molar-refractivity contribution >= 4 is 34.6 Å². The van der Waals surface area contributed by atoms with Crippen LogP contribution in [0, 0.1) is 0 Å². The summed E-state index contributed by atoms with van der Waals surface area (Å²) < 4.78 is 7.59. The van der Waals surface area contributed by atoms with Crippen molar-refractivity contribution in [1.82, 2.24) is 19.4 Å². The molecule has 8 heteroatoms.